The van der Waals surface area contributed by atoms with E-state index in [1.165, 1.54) is 36.4 Å². The average Bonchev–Trinajstić information content (AvgIpc) is 2.53. The fourth-order valence-corrected chi connectivity index (χ4v) is 2.60. The molecule has 0 aromatic heterocycles. The fraction of sp³-hybridized carbons (Fsp3) is 0.200. The minimum atomic E-state index is -4.62. The van der Waals surface area contributed by atoms with E-state index in [4.69, 9.17) is 0 Å². The highest BCUT2D eigenvalue weighted by Crippen LogP contribution is 2.21. The second-order valence-electron chi connectivity index (χ2n) is 4.78. The van der Waals surface area contributed by atoms with Gasteiger partial charge in [0.15, 0.2) is 0 Å². The molecular weight excluding hydrogens is 331 g/mol. The van der Waals surface area contributed by atoms with Gasteiger partial charge in [-0.2, -0.15) is 8.78 Å². The molecule has 1 atom stereocenters. The Labute approximate surface area is 131 Å². The second-order valence-corrected chi connectivity index (χ2v) is 6.70. The molecule has 0 amide bonds. The SMILES string of the molecule is O=S(=O)(c1ccc(NC[C@@H](O)c2ccc(F)cc2)cc1)C(F)F. The van der Waals surface area contributed by atoms with Crippen molar-refractivity contribution in [3.8, 4) is 0 Å². The van der Waals surface area contributed by atoms with E-state index >= 15 is 0 Å². The van der Waals surface area contributed by atoms with Crippen LogP contribution in [-0.4, -0.2) is 25.8 Å². The van der Waals surface area contributed by atoms with E-state index in [1.54, 1.807) is 0 Å². The van der Waals surface area contributed by atoms with Crippen LogP contribution in [0.1, 0.15) is 11.7 Å². The highest BCUT2D eigenvalue weighted by molar-refractivity contribution is 7.91. The van der Waals surface area contributed by atoms with E-state index in [1.807, 2.05) is 0 Å². The molecule has 2 aromatic rings. The first-order valence-corrected chi connectivity index (χ1v) is 8.15. The Kier molecular flexibility index (Phi) is 5.27. The maximum atomic E-state index is 12.8. The molecule has 0 saturated carbocycles. The number of aliphatic hydroxyl groups excluding tert-OH is 1. The third-order valence-corrected chi connectivity index (χ3v) is 4.57. The summed E-state index contributed by atoms with van der Waals surface area (Å²) < 4.78 is 60.2. The lowest BCUT2D eigenvalue weighted by atomic mass is 10.1. The van der Waals surface area contributed by atoms with E-state index in [0.29, 0.717) is 11.3 Å². The van der Waals surface area contributed by atoms with Crippen molar-refractivity contribution < 1.29 is 26.7 Å². The van der Waals surface area contributed by atoms with Gasteiger partial charge in [-0.3, -0.25) is 0 Å². The number of alkyl halides is 2. The Bertz CT molecular complexity index is 747. The monoisotopic (exact) mass is 345 g/mol. The van der Waals surface area contributed by atoms with Crippen LogP contribution in [0.3, 0.4) is 0 Å². The Balaban J connectivity index is 2.00. The van der Waals surface area contributed by atoms with E-state index < -0.39 is 32.4 Å². The Morgan fingerprint density at radius 3 is 2.09 bits per heavy atom. The molecule has 0 unspecified atom stereocenters. The number of rotatable bonds is 6. The van der Waals surface area contributed by atoms with Crippen molar-refractivity contribution in [1.82, 2.24) is 0 Å². The van der Waals surface area contributed by atoms with E-state index in [2.05, 4.69) is 5.32 Å². The highest BCUT2D eigenvalue weighted by Gasteiger charge is 2.26. The van der Waals surface area contributed by atoms with Gasteiger partial charge in [-0.05, 0) is 42.0 Å². The molecule has 23 heavy (non-hydrogen) atoms. The molecule has 0 aliphatic carbocycles. The summed E-state index contributed by atoms with van der Waals surface area (Å²) in [6.45, 7) is 0.0899. The largest absolute Gasteiger partial charge is 0.387 e. The first kappa shape index (κ1) is 17.3. The minimum absolute atomic E-state index is 0.0899. The quantitative estimate of drug-likeness (QED) is 0.845. The van der Waals surface area contributed by atoms with Crippen LogP contribution in [0.15, 0.2) is 53.4 Å². The molecule has 0 radical (unpaired) electrons. The number of nitrogens with one attached hydrogen (secondary N) is 1. The number of hydrogen-bond donors (Lipinski definition) is 2. The molecule has 2 aromatic carbocycles. The molecule has 0 aliphatic heterocycles. The normalized spacial score (nSPS) is 13.1. The summed E-state index contributed by atoms with van der Waals surface area (Å²) in [7, 11) is -4.62. The Hall–Kier alpha value is -2.06. The number of hydrogen-bond acceptors (Lipinski definition) is 4. The van der Waals surface area contributed by atoms with Gasteiger partial charge in [0.1, 0.15) is 5.82 Å². The van der Waals surface area contributed by atoms with Crippen LogP contribution in [0, 0.1) is 5.82 Å². The van der Waals surface area contributed by atoms with Crippen LogP contribution in [-0.2, 0) is 9.84 Å². The van der Waals surface area contributed by atoms with Crippen molar-refractivity contribution in [3.63, 3.8) is 0 Å². The summed E-state index contributed by atoms with van der Waals surface area (Å²) in [5, 5.41) is 12.8. The van der Waals surface area contributed by atoms with Crippen molar-refractivity contribution in [2.24, 2.45) is 0 Å². The minimum Gasteiger partial charge on any atom is -0.387 e. The third-order valence-electron chi connectivity index (χ3n) is 3.17. The molecule has 0 fully saturated rings. The van der Waals surface area contributed by atoms with Gasteiger partial charge < -0.3 is 10.4 Å². The molecule has 0 aliphatic rings. The van der Waals surface area contributed by atoms with Crippen LogP contribution >= 0.6 is 0 Å². The molecule has 0 saturated heterocycles. The van der Waals surface area contributed by atoms with Gasteiger partial charge in [-0.15, -0.1) is 0 Å². The zero-order valence-electron chi connectivity index (χ0n) is 11.8. The van der Waals surface area contributed by atoms with Crippen LogP contribution in [0.4, 0.5) is 18.9 Å². The standard InChI is InChI=1S/C15H14F3NO3S/c16-11-3-1-10(2-4-11)14(20)9-19-12-5-7-13(8-6-12)23(21,22)15(17)18/h1-8,14-15,19-20H,9H2/t14-/m1/s1. The first-order chi connectivity index (χ1) is 10.8. The summed E-state index contributed by atoms with van der Waals surface area (Å²) in [6, 6.07) is 10.1. The molecule has 0 heterocycles. The van der Waals surface area contributed by atoms with Gasteiger partial charge in [0, 0.05) is 12.2 Å². The second kappa shape index (κ2) is 7.01. The molecule has 2 rings (SSSR count). The van der Waals surface area contributed by atoms with Crippen LogP contribution in [0.25, 0.3) is 0 Å². The Morgan fingerprint density at radius 2 is 1.57 bits per heavy atom. The number of sulfone groups is 1. The van der Waals surface area contributed by atoms with Gasteiger partial charge in [0.05, 0.1) is 11.0 Å². The maximum Gasteiger partial charge on any atom is 0.341 e. The van der Waals surface area contributed by atoms with Crippen LogP contribution < -0.4 is 5.32 Å². The van der Waals surface area contributed by atoms with Crippen molar-refractivity contribution in [3.05, 3.63) is 59.9 Å². The van der Waals surface area contributed by atoms with Crippen LogP contribution in [0.2, 0.25) is 0 Å². The van der Waals surface area contributed by atoms with Gasteiger partial charge in [-0.25, -0.2) is 12.8 Å². The maximum absolute atomic E-state index is 12.8. The summed E-state index contributed by atoms with van der Waals surface area (Å²) in [5.74, 6) is -3.88. The number of anilines is 1. The topological polar surface area (TPSA) is 66.4 Å². The van der Waals surface area contributed by atoms with Gasteiger partial charge in [0.25, 0.3) is 0 Å². The highest BCUT2D eigenvalue weighted by atomic mass is 32.2. The predicted molar refractivity (Wildman–Crippen MR) is 79.5 cm³/mol. The summed E-state index contributed by atoms with van der Waals surface area (Å²) in [4.78, 5) is -0.475. The first-order valence-electron chi connectivity index (χ1n) is 6.60. The van der Waals surface area contributed by atoms with Gasteiger partial charge in [-0.1, -0.05) is 12.1 Å². The molecule has 4 nitrogen and oxygen atoms in total. The zero-order chi connectivity index (χ0) is 17.0. The van der Waals surface area contributed by atoms with Crippen molar-refractivity contribution in [1.29, 1.82) is 0 Å². The summed E-state index contributed by atoms with van der Waals surface area (Å²) in [5.41, 5.74) is 0.968. The van der Waals surface area contributed by atoms with Gasteiger partial charge in [0.2, 0.25) is 9.84 Å². The lowest BCUT2D eigenvalue weighted by molar-refractivity contribution is 0.191. The summed E-state index contributed by atoms with van der Waals surface area (Å²) in [6.07, 6.45) is -0.903. The molecule has 124 valence electrons. The Morgan fingerprint density at radius 1 is 1.00 bits per heavy atom. The fourth-order valence-electron chi connectivity index (χ4n) is 1.88. The van der Waals surface area contributed by atoms with Crippen molar-refractivity contribution in [2.75, 3.05) is 11.9 Å². The number of benzene rings is 2. The molecule has 0 spiro atoms. The van der Waals surface area contributed by atoms with Crippen LogP contribution in [0.5, 0.6) is 0 Å². The van der Waals surface area contributed by atoms with E-state index in [-0.39, 0.29) is 6.54 Å². The third kappa shape index (κ3) is 4.23. The lowest BCUT2D eigenvalue weighted by Gasteiger charge is -2.13. The summed E-state index contributed by atoms with van der Waals surface area (Å²) >= 11 is 0. The van der Waals surface area contributed by atoms with E-state index in [0.717, 1.165) is 12.1 Å². The molecule has 2 N–H and O–H groups in total. The van der Waals surface area contributed by atoms with Crippen molar-refractivity contribution >= 4 is 15.5 Å². The molecule has 8 heteroatoms. The molecular formula is C15H14F3NO3S. The molecule has 0 bridgehead atoms. The predicted octanol–water partition coefficient (Wildman–Crippen LogP) is 2.97. The zero-order valence-corrected chi connectivity index (χ0v) is 12.6. The number of halogens is 3. The smallest absolute Gasteiger partial charge is 0.341 e. The van der Waals surface area contributed by atoms with Crippen molar-refractivity contribution in [2.45, 2.75) is 16.8 Å². The van der Waals surface area contributed by atoms with Gasteiger partial charge >= 0.3 is 5.76 Å². The number of aliphatic hydroxyl groups is 1. The van der Waals surface area contributed by atoms with E-state index in [9.17, 15) is 26.7 Å². The lowest BCUT2D eigenvalue weighted by Crippen LogP contribution is -2.13. The average molecular weight is 345 g/mol.